The van der Waals surface area contributed by atoms with Crippen LogP contribution in [0.15, 0.2) is 92.3 Å². The van der Waals surface area contributed by atoms with Crippen LogP contribution in [0.5, 0.6) is 11.5 Å². The highest BCUT2D eigenvalue weighted by atomic mass is 79.9. The maximum absolute atomic E-state index is 13.8. The zero-order chi connectivity index (χ0) is 27.0. The van der Waals surface area contributed by atoms with Gasteiger partial charge in [-0.3, -0.25) is 14.2 Å². The number of hydrogen-bond donors (Lipinski definition) is 2. The Labute approximate surface area is 235 Å². The molecular formula is C28H21BrClN3O4S. The fraction of sp³-hybridized carbons (Fsp3) is 0.107. The fourth-order valence-electron chi connectivity index (χ4n) is 4.30. The SMILES string of the molecule is COc1cccc([C@H]2C(C(=O)Nc3ccccc3)=C(C)N=c3s/c(=C\c4cc(Br)cc(Cl)c4O)c(=O)n32)c1. The summed E-state index contributed by atoms with van der Waals surface area (Å²) in [6.07, 6.45) is 1.57. The van der Waals surface area contributed by atoms with Crippen molar-refractivity contribution in [1.29, 1.82) is 0 Å². The van der Waals surface area contributed by atoms with E-state index in [4.69, 9.17) is 16.3 Å². The van der Waals surface area contributed by atoms with E-state index in [0.717, 1.165) is 0 Å². The third-order valence-electron chi connectivity index (χ3n) is 6.05. The van der Waals surface area contributed by atoms with Crippen LogP contribution in [0, 0.1) is 0 Å². The number of thiazole rings is 1. The van der Waals surface area contributed by atoms with Gasteiger partial charge in [0, 0.05) is 15.7 Å². The quantitative estimate of drug-likeness (QED) is 0.333. The summed E-state index contributed by atoms with van der Waals surface area (Å²) in [4.78, 5) is 32.5. The second-order valence-corrected chi connectivity index (χ2v) is 10.8. The Bertz CT molecular complexity index is 1780. The first-order valence-electron chi connectivity index (χ1n) is 11.5. The average Bonchev–Trinajstić information content (AvgIpc) is 3.20. The molecule has 4 aromatic rings. The van der Waals surface area contributed by atoms with Crippen LogP contribution in [-0.4, -0.2) is 22.7 Å². The normalized spacial score (nSPS) is 15.2. The first-order chi connectivity index (χ1) is 18.3. The fourth-order valence-corrected chi connectivity index (χ4v) is 6.17. The lowest BCUT2D eigenvalue weighted by Crippen LogP contribution is -2.40. The van der Waals surface area contributed by atoms with Gasteiger partial charge in [-0.15, -0.1) is 0 Å². The Morgan fingerprint density at radius 2 is 1.95 bits per heavy atom. The molecule has 1 aliphatic rings. The van der Waals surface area contributed by atoms with Crippen LogP contribution in [0.25, 0.3) is 6.08 Å². The van der Waals surface area contributed by atoms with Crippen LogP contribution in [0.1, 0.15) is 24.1 Å². The molecule has 3 aromatic carbocycles. The van der Waals surface area contributed by atoms with E-state index in [9.17, 15) is 14.7 Å². The summed E-state index contributed by atoms with van der Waals surface area (Å²) in [5.74, 6) is 0.0934. The van der Waals surface area contributed by atoms with Crippen molar-refractivity contribution < 1.29 is 14.6 Å². The zero-order valence-corrected chi connectivity index (χ0v) is 23.4. The first kappa shape index (κ1) is 26.0. The summed E-state index contributed by atoms with van der Waals surface area (Å²) in [6, 6.07) is 18.8. The molecule has 0 aliphatic carbocycles. The van der Waals surface area contributed by atoms with Gasteiger partial charge in [0.25, 0.3) is 11.5 Å². The molecular weight excluding hydrogens is 590 g/mol. The zero-order valence-electron chi connectivity index (χ0n) is 20.2. The van der Waals surface area contributed by atoms with Gasteiger partial charge in [0.05, 0.1) is 34.0 Å². The van der Waals surface area contributed by atoms with E-state index in [1.807, 2.05) is 30.3 Å². The number of anilines is 1. The number of hydrogen-bond acceptors (Lipinski definition) is 6. The number of carbonyl (C=O) groups is 1. The second kappa shape index (κ2) is 10.6. The number of carbonyl (C=O) groups excluding carboxylic acids is 1. The molecule has 1 atom stereocenters. The number of phenols is 1. The van der Waals surface area contributed by atoms with Crippen LogP contribution < -0.4 is 24.9 Å². The molecule has 2 heterocycles. The Morgan fingerprint density at radius 3 is 2.68 bits per heavy atom. The summed E-state index contributed by atoms with van der Waals surface area (Å²) in [6.45, 7) is 1.75. The Balaban J connectivity index is 1.71. The van der Waals surface area contributed by atoms with E-state index in [2.05, 4.69) is 26.2 Å². The smallest absolute Gasteiger partial charge is 0.271 e. The van der Waals surface area contributed by atoms with Crippen molar-refractivity contribution in [3.63, 3.8) is 0 Å². The van der Waals surface area contributed by atoms with Crippen LogP contribution in [0.2, 0.25) is 5.02 Å². The maximum Gasteiger partial charge on any atom is 0.271 e. The van der Waals surface area contributed by atoms with Crippen molar-refractivity contribution in [3.05, 3.63) is 118 Å². The number of nitrogens with one attached hydrogen (secondary N) is 1. The van der Waals surface area contributed by atoms with Gasteiger partial charge in [0.1, 0.15) is 11.5 Å². The van der Waals surface area contributed by atoms with E-state index in [1.165, 1.54) is 15.9 Å². The highest BCUT2D eigenvalue weighted by Gasteiger charge is 2.32. The molecule has 1 aliphatic heterocycles. The summed E-state index contributed by atoms with van der Waals surface area (Å²) >= 11 is 10.7. The highest BCUT2D eigenvalue weighted by Crippen LogP contribution is 2.33. The minimum Gasteiger partial charge on any atom is -0.506 e. The lowest BCUT2D eigenvalue weighted by atomic mass is 9.95. The molecule has 7 nitrogen and oxygen atoms in total. The molecule has 0 fully saturated rings. The average molecular weight is 611 g/mol. The topological polar surface area (TPSA) is 92.9 Å². The molecule has 0 saturated carbocycles. The van der Waals surface area contributed by atoms with Crippen molar-refractivity contribution in [2.45, 2.75) is 13.0 Å². The lowest BCUT2D eigenvalue weighted by molar-refractivity contribution is -0.113. The van der Waals surface area contributed by atoms with Crippen molar-refractivity contribution >= 4 is 56.5 Å². The Kier molecular flexibility index (Phi) is 7.25. The Hall–Kier alpha value is -3.66. The number of aromatic hydroxyl groups is 1. The number of nitrogens with zero attached hydrogens (tertiary/aromatic N) is 2. The standard InChI is InChI=1S/C28H21BrClN3O4S/c1-15-23(26(35)32-19-8-4-3-5-9-19)24(16-7-6-10-20(12-16)37-2)33-27(36)22(38-28(33)31-15)13-17-11-18(29)14-21(30)25(17)34/h3-14,24,34H,1-2H3,(H,32,35)/b22-13-/t24-/m0/s1. The van der Waals surface area contributed by atoms with Crippen molar-refractivity contribution in [2.24, 2.45) is 4.99 Å². The van der Waals surface area contributed by atoms with Gasteiger partial charge in [-0.1, -0.05) is 69.2 Å². The predicted octanol–water partition coefficient (Wildman–Crippen LogP) is 5.00. The molecule has 0 unspecified atom stereocenters. The van der Waals surface area contributed by atoms with Crippen molar-refractivity contribution in [3.8, 4) is 11.5 Å². The summed E-state index contributed by atoms with van der Waals surface area (Å²) in [5, 5.41) is 13.6. The largest absolute Gasteiger partial charge is 0.506 e. The van der Waals surface area contributed by atoms with E-state index in [1.54, 1.807) is 56.5 Å². The highest BCUT2D eigenvalue weighted by molar-refractivity contribution is 9.10. The summed E-state index contributed by atoms with van der Waals surface area (Å²) in [5.41, 5.74) is 2.18. The molecule has 2 N–H and O–H groups in total. The minimum atomic E-state index is -0.757. The molecule has 38 heavy (non-hydrogen) atoms. The monoisotopic (exact) mass is 609 g/mol. The number of allylic oxidation sites excluding steroid dienone is 1. The van der Waals surface area contributed by atoms with Gasteiger partial charge >= 0.3 is 0 Å². The molecule has 0 bridgehead atoms. The van der Waals surface area contributed by atoms with E-state index in [0.29, 0.717) is 47.6 Å². The van der Waals surface area contributed by atoms with E-state index in [-0.39, 0.29) is 22.2 Å². The third kappa shape index (κ3) is 4.92. The Morgan fingerprint density at radius 1 is 1.18 bits per heavy atom. The number of ether oxygens (including phenoxy) is 1. The number of para-hydroxylation sites is 1. The number of aromatic nitrogens is 1. The molecule has 1 amide bonds. The van der Waals surface area contributed by atoms with E-state index >= 15 is 0 Å². The van der Waals surface area contributed by atoms with Gasteiger partial charge in [0.2, 0.25) is 0 Å². The molecule has 0 saturated heterocycles. The predicted molar refractivity (Wildman–Crippen MR) is 153 cm³/mol. The minimum absolute atomic E-state index is 0.135. The van der Waals surface area contributed by atoms with Crippen LogP contribution in [-0.2, 0) is 4.79 Å². The van der Waals surface area contributed by atoms with Crippen molar-refractivity contribution in [2.75, 3.05) is 12.4 Å². The number of methoxy groups -OCH3 is 1. The van der Waals surface area contributed by atoms with Gasteiger partial charge in [-0.25, -0.2) is 4.99 Å². The van der Waals surface area contributed by atoms with E-state index < -0.39 is 6.04 Å². The van der Waals surface area contributed by atoms with Gasteiger partial charge < -0.3 is 15.2 Å². The molecule has 5 rings (SSSR count). The van der Waals surface area contributed by atoms with Crippen molar-refractivity contribution in [1.82, 2.24) is 4.57 Å². The number of halogens is 2. The summed E-state index contributed by atoms with van der Waals surface area (Å²) in [7, 11) is 1.56. The molecule has 192 valence electrons. The molecule has 0 spiro atoms. The van der Waals surface area contributed by atoms with Gasteiger partial charge in [0.15, 0.2) is 4.80 Å². The van der Waals surface area contributed by atoms with Crippen LogP contribution >= 0.6 is 38.9 Å². The summed E-state index contributed by atoms with van der Waals surface area (Å²) < 4.78 is 7.92. The second-order valence-electron chi connectivity index (χ2n) is 8.50. The number of rotatable bonds is 5. The molecule has 10 heteroatoms. The van der Waals surface area contributed by atoms with Crippen LogP contribution in [0.3, 0.4) is 0 Å². The lowest BCUT2D eigenvalue weighted by Gasteiger charge is -2.25. The number of fused-ring (bicyclic) bond motifs is 1. The van der Waals surface area contributed by atoms with Crippen LogP contribution in [0.4, 0.5) is 5.69 Å². The van der Waals surface area contributed by atoms with Gasteiger partial charge in [-0.2, -0.15) is 0 Å². The maximum atomic E-state index is 13.8. The number of phenolic OH excluding ortho intramolecular Hbond substituents is 1. The number of amides is 1. The third-order valence-corrected chi connectivity index (χ3v) is 7.78. The molecule has 0 radical (unpaired) electrons. The van der Waals surface area contributed by atoms with Gasteiger partial charge in [-0.05, 0) is 55.0 Å². The molecule has 1 aromatic heterocycles. The first-order valence-corrected chi connectivity index (χ1v) is 13.5. The number of benzene rings is 3.